The zero-order chi connectivity index (χ0) is 11.4. The SMILES string of the molecule is NCc1c(Cl)cccc1N1CCCCCC1. The first-order valence-electron chi connectivity index (χ1n) is 6.05. The Hall–Kier alpha value is -0.730. The van der Waals surface area contributed by atoms with E-state index in [0.717, 1.165) is 23.7 Å². The molecule has 2 N–H and O–H groups in total. The molecule has 0 unspecified atom stereocenters. The van der Waals surface area contributed by atoms with Crippen LogP contribution < -0.4 is 10.6 Å². The van der Waals surface area contributed by atoms with E-state index in [1.54, 1.807) is 0 Å². The van der Waals surface area contributed by atoms with Crippen molar-refractivity contribution in [2.24, 2.45) is 5.73 Å². The lowest BCUT2D eigenvalue weighted by Gasteiger charge is -2.25. The first kappa shape index (κ1) is 11.7. The van der Waals surface area contributed by atoms with Crippen molar-refractivity contribution in [3.05, 3.63) is 28.8 Å². The van der Waals surface area contributed by atoms with E-state index in [0.29, 0.717) is 6.54 Å². The number of halogens is 1. The summed E-state index contributed by atoms with van der Waals surface area (Å²) >= 11 is 6.18. The predicted octanol–water partition coefficient (Wildman–Crippen LogP) is 3.18. The lowest BCUT2D eigenvalue weighted by Crippen LogP contribution is -2.25. The van der Waals surface area contributed by atoms with Gasteiger partial charge in [-0.05, 0) is 25.0 Å². The smallest absolute Gasteiger partial charge is 0.0471 e. The molecule has 2 nitrogen and oxygen atoms in total. The highest BCUT2D eigenvalue weighted by Crippen LogP contribution is 2.28. The molecule has 2 rings (SSSR count). The van der Waals surface area contributed by atoms with Gasteiger partial charge in [-0.25, -0.2) is 0 Å². The largest absolute Gasteiger partial charge is 0.371 e. The van der Waals surface area contributed by atoms with Crippen molar-refractivity contribution >= 4 is 17.3 Å². The molecule has 1 aromatic carbocycles. The standard InChI is InChI=1S/C13H19ClN2/c14-12-6-5-7-13(11(12)10-15)16-8-3-1-2-4-9-16/h5-7H,1-4,8-10,15H2. The molecule has 1 fully saturated rings. The van der Waals surface area contributed by atoms with E-state index in [2.05, 4.69) is 11.0 Å². The van der Waals surface area contributed by atoms with Crippen LogP contribution in [-0.2, 0) is 6.54 Å². The maximum absolute atomic E-state index is 6.18. The Bertz CT molecular complexity index is 344. The van der Waals surface area contributed by atoms with Gasteiger partial charge >= 0.3 is 0 Å². The molecule has 0 radical (unpaired) electrons. The molecule has 0 bridgehead atoms. The number of nitrogens with two attached hydrogens (primary N) is 1. The lowest BCUT2D eigenvalue weighted by molar-refractivity contribution is 0.726. The summed E-state index contributed by atoms with van der Waals surface area (Å²) < 4.78 is 0. The van der Waals surface area contributed by atoms with E-state index in [1.165, 1.54) is 31.4 Å². The fraction of sp³-hybridized carbons (Fsp3) is 0.538. The van der Waals surface area contributed by atoms with Gasteiger partial charge in [-0.1, -0.05) is 30.5 Å². The third-order valence-electron chi connectivity index (χ3n) is 3.25. The van der Waals surface area contributed by atoms with Gasteiger partial charge in [0.15, 0.2) is 0 Å². The Morgan fingerprint density at radius 3 is 2.44 bits per heavy atom. The average Bonchev–Trinajstić information content (AvgIpc) is 2.57. The van der Waals surface area contributed by atoms with Gasteiger partial charge in [-0.2, -0.15) is 0 Å². The number of hydrogen-bond donors (Lipinski definition) is 1. The molecular formula is C13H19ClN2. The van der Waals surface area contributed by atoms with E-state index in [4.69, 9.17) is 17.3 Å². The highest BCUT2D eigenvalue weighted by Gasteiger charge is 2.14. The molecule has 0 amide bonds. The molecule has 1 heterocycles. The topological polar surface area (TPSA) is 29.3 Å². The van der Waals surface area contributed by atoms with Crippen LogP contribution in [0.15, 0.2) is 18.2 Å². The molecule has 3 heteroatoms. The van der Waals surface area contributed by atoms with Crippen LogP contribution in [0.4, 0.5) is 5.69 Å². The van der Waals surface area contributed by atoms with Crippen molar-refractivity contribution in [2.75, 3.05) is 18.0 Å². The van der Waals surface area contributed by atoms with Gasteiger partial charge in [0.25, 0.3) is 0 Å². The Kier molecular flexibility index (Phi) is 4.08. The van der Waals surface area contributed by atoms with E-state index in [1.807, 2.05) is 12.1 Å². The van der Waals surface area contributed by atoms with Crippen molar-refractivity contribution in [3.8, 4) is 0 Å². The van der Waals surface area contributed by atoms with Crippen LogP contribution in [0.2, 0.25) is 5.02 Å². The van der Waals surface area contributed by atoms with Crippen molar-refractivity contribution < 1.29 is 0 Å². The monoisotopic (exact) mass is 238 g/mol. The van der Waals surface area contributed by atoms with Crippen molar-refractivity contribution in [1.29, 1.82) is 0 Å². The first-order chi connectivity index (χ1) is 7.83. The van der Waals surface area contributed by atoms with Gasteiger partial charge in [-0.15, -0.1) is 0 Å². The summed E-state index contributed by atoms with van der Waals surface area (Å²) in [6.45, 7) is 2.78. The summed E-state index contributed by atoms with van der Waals surface area (Å²) in [5.74, 6) is 0. The molecule has 1 aliphatic heterocycles. The molecular weight excluding hydrogens is 220 g/mol. The van der Waals surface area contributed by atoms with Gasteiger partial charge < -0.3 is 10.6 Å². The second-order valence-electron chi connectivity index (χ2n) is 4.34. The number of hydrogen-bond acceptors (Lipinski definition) is 2. The summed E-state index contributed by atoms with van der Waals surface area (Å²) in [5.41, 5.74) is 8.11. The van der Waals surface area contributed by atoms with Crippen LogP contribution in [0.1, 0.15) is 31.2 Å². The summed E-state index contributed by atoms with van der Waals surface area (Å²) in [5, 5.41) is 0.796. The van der Waals surface area contributed by atoms with Crippen molar-refractivity contribution in [2.45, 2.75) is 32.2 Å². The number of benzene rings is 1. The number of anilines is 1. The van der Waals surface area contributed by atoms with Crippen LogP contribution >= 0.6 is 11.6 Å². The molecule has 1 aliphatic rings. The third-order valence-corrected chi connectivity index (χ3v) is 3.60. The number of nitrogens with zero attached hydrogens (tertiary/aromatic N) is 1. The fourth-order valence-electron chi connectivity index (χ4n) is 2.36. The predicted molar refractivity (Wildman–Crippen MR) is 70.0 cm³/mol. The molecule has 0 saturated carbocycles. The summed E-state index contributed by atoms with van der Waals surface area (Å²) in [7, 11) is 0. The Labute approximate surface area is 102 Å². The van der Waals surface area contributed by atoms with Gasteiger partial charge in [-0.3, -0.25) is 0 Å². The Balaban J connectivity index is 2.27. The molecule has 88 valence electrons. The molecule has 16 heavy (non-hydrogen) atoms. The van der Waals surface area contributed by atoms with Crippen LogP contribution in [-0.4, -0.2) is 13.1 Å². The maximum Gasteiger partial charge on any atom is 0.0471 e. The summed E-state index contributed by atoms with van der Waals surface area (Å²) in [6.07, 6.45) is 5.23. The quantitative estimate of drug-likeness (QED) is 0.858. The van der Waals surface area contributed by atoms with Crippen LogP contribution in [0.3, 0.4) is 0 Å². The second kappa shape index (κ2) is 5.55. The minimum absolute atomic E-state index is 0.519. The van der Waals surface area contributed by atoms with E-state index >= 15 is 0 Å². The highest BCUT2D eigenvalue weighted by molar-refractivity contribution is 6.31. The van der Waals surface area contributed by atoms with E-state index in [-0.39, 0.29) is 0 Å². The van der Waals surface area contributed by atoms with Crippen molar-refractivity contribution in [3.63, 3.8) is 0 Å². The number of rotatable bonds is 2. The van der Waals surface area contributed by atoms with Crippen LogP contribution in [0.25, 0.3) is 0 Å². The minimum Gasteiger partial charge on any atom is -0.371 e. The Morgan fingerprint density at radius 1 is 1.12 bits per heavy atom. The van der Waals surface area contributed by atoms with Crippen molar-refractivity contribution in [1.82, 2.24) is 0 Å². The highest BCUT2D eigenvalue weighted by atomic mass is 35.5. The van der Waals surface area contributed by atoms with Crippen LogP contribution in [0.5, 0.6) is 0 Å². The fourth-order valence-corrected chi connectivity index (χ4v) is 2.60. The van der Waals surface area contributed by atoms with Gasteiger partial charge in [0.05, 0.1) is 0 Å². The van der Waals surface area contributed by atoms with Gasteiger partial charge in [0.1, 0.15) is 0 Å². The van der Waals surface area contributed by atoms with Gasteiger partial charge in [0.2, 0.25) is 0 Å². The average molecular weight is 239 g/mol. The zero-order valence-corrected chi connectivity index (χ0v) is 10.3. The van der Waals surface area contributed by atoms with Gasteiger partial charge in [0, 0.05) is 35.9 Å². The normalized spacial score (nSPS) is 17.2. The molecule has 0 aromatic heterocycles. The van der Waals surface area contributed by atoms with Crippen LogP contribution in [0, 0.1) is 0 Å². The molecule has 1 aromatic rings. The second-order valence-corrected chi connectivity index (χ2v) is 4.75. The molecule has 0 atom stereocenters. The third kappa shape index (κ3) is 2.50. The maximum atomic E-state index is 6.18. The molecule has 0 aliphatic carbocycles. The first-order valence-corrected chi connectivity index (χ1v) is 6.43. The molecule has 0 spiro atoms. The Morgan fingerprint density at radius 2 is 1.81 bits per heavy atom. The van der Waals surface area contributed by atoms with E-state index < -0.39 is 0 Å². The summed E-state index contributed by atoms with van der Waals surface area (Å²) in [4.78, 5) is 2.43. The minimum atomic E-state index is 0.519. The zero-order valence-electron chi connectivity index (χ0n) is 9.58. The lowest BCUT2D eigenvalue weighted by atomic mass is 10.1. The van der Waals surface area contributed by atoms with E-state index in [9.17, 15) is 0 Å². The summed E-state index contributed by atoms with van der Waals surface area (Å²) in [6, 6.07) is 6.08. The molecule has 1 saturated heterocycles.